The van der Waals surface area contributed by atoms with Gasteiger partial charge in [-0.05, 0) is 48.9 Å². The Morgan fingerprint density at radius 1 is 1.02 bits per heavy atom. The number of piperazine rings is 1. The van der Waals surface area contributed by atoms with Gasteiger partial charge in [0.15, 0.2) is 5.82 Å². The van der Waals surface area contributed by atoms with Crippen LogP contribution in [-0.4, -0.2) is 67.7 Å². The van der Waals surface area contributed by atoms with Crippen LogP contribution in [0.15, 0.2) is 55.0 Å². The Hall–Kier alpha value is -4.37. The lowest BCUT2D eigenvalue weighted by Crippen LogP contribution is -2.51. The molecule has 1 fully saturated rings. The second-order valence-electron chi connectivity index (χ2n) is 9.46. The van der Waals surface area contributed by atoms with Gasteiger partial charge in [-0.15, -0.1) is 0 Å². The van der Waals surface area contributed by atoms with Gasteiger partial charge in [0.05, 0.1) is 22.3 Å². The molecular weight excluding hydrogens is 554 g/mol. The number of rotatable bonds is 4. The topological polar surface area (TPSA) is 114 Å². The summed E-state index contributed by atoms with van der Waals surface area (Å²) in [7, 11) is 0. The highest BCUT2D eigenvalue weighted by atomic mass is 35.5. The minimum Gasteiger partial charge on any atom is -0.361 e. The SMILES string of the molecule is Cc1ccc2[nH]ncc2c1-c1c(Cl)cc2c(N3CCN(C(=O)C(=[N+]=[N-])c4ccc(Cl)cc4)CC3)ncnc2c1F. The number of benzene rings is 3. The molecule has 0 radical (unpaired) electrons. The molecule has 9 nitrogen and oxygen atoms in total. The highest BCUT2D eigenvalue weighted by Crippen LogP contribution is 2.41. The molecule has 2 aromatic heterocycles. The number of carbonyl (C=O) groups excluding carboxylic acids is 1. The van der Waals surface area contributed by atoms with Crippen molar-refractivity contribution in [2.45, 2.75) is 6.92 Å². The Morgan fingerprint density at radius 3 is 2.50 bits per heavy atom. The van der Waals surface area contributed by atoms with E-state index >= 15 is 4.39 Å². The van der Waals surface area contributed by atoms with Crippen molar-refractivity contribution >= 4 is 62.4 Å². The van der Waals surface area contributed by atoms with Crippen molar-refractivity contribution in [1.82, 2.24) is 25.1 Å². The van der Waals surface area contributed by atoms with E-state index in [0.717, 1.165) is 16.5 Å². The monoisotopic (exact) mass is 574 g/mol. The van der Waals surface area contributed by atoms with Gasteiger partial charge in [-0.2, -0.15) is 9.89 Å². The summed E-state index contributed by atoms with van der Waals surface area (Å²) in [6.07, 6.45) is 2.99. The van der Waals surface area contributed by atoms with Gasteiger partial charge in [-0.1, -0.05) is 29.3 Å². The highest BCUT2D eigenvalue weighted by molar-refractivity contribution is 6.43. The minimum atomic E-state index is -0.538. The number of carbonyl (C=O) groups is 1. The Kier molecular flexibility index (Phi) is 6.67. The van der Waals surface area contributed by atoms with Crippen molar-refractivity contribution in [2.75, 3.05) is 31.1 Å². The first-order valence-electron chi connectivity index (χ1n) is 12.5. The van der Waals surface area contributed by atoms with Crippen molar-refractivity contribution < 1.29 is 14.0 Å². The largest absolute Gasteiger partial charge is 0.386 e. The third-order valence-corrected chi connectivity index (χ3v) is 7.72. The normalized spacial score (nSPS) is 13.6. The maximum Gasteiger partial charge on any atom is 0.386 e. The van der Waals surface area contributed by atoms with E-state index in [2.05, 4.69) is 25.0 Å². The average molecular weight is 575 g/mol. The maximum absolute atomic E-state index is 16.1. The lowest BCUT2D eigenvalue weighted by Gasteiger charge is -2.35. The number of H-pyrrole nitrogens is 1. The highest BCUT2D eigenvalue weighted by Gasteiger charge is 2.32. The molecule has 0 aliphatic carbocycles. The zero-order chi connectivity index (χ0) is 28.0. The zero-order valence-electron chi connectivity index (χ0n) is 21.2. The maximum atomic E-state index is 16.1. The molecule has 12 heteroatoms. The standard InChI is InChI=1S/C28H21Cl2FN8O/c1-15-2-7-21-19(13-35-37-21)22(15)23-20(30)12-18-26(24(23)31)33-14-34-27(18)38-8-10-39(11-9-38)28(40)25(36-32)16-3-5-17(29)6-4-16/h2-7,12-14H,8-11H2,1H3,(H,35,37). The van der Waals surface area contributed by atoms with E-state index in [-0.39, 0.29) is 21.8 Å². The van der Waals surface area contributed by atoms with Crippen LogP contribution in [0.2, 0.25) is 10.0 Å². The number of aryl methyl sites for hydroxylation is 1. The van der Waals surface area contributed by atoms with Gasteiger partial charge < -0.3 is 15.3 Å². The first-order chi connectivity index (χ1) is 19.4. The molecule has 3 heterocycles. The fourth-order valence-electron chi connectivity index (χ4n) is 5.16. The Balaban J connectivity index is 1.30. The number of hydrogen-bond acceptors (Lipinski definition) is 5. The summed E-state index contributed by atoms with van der Waals surface area (Å²) in [5.74, 6) is -0.417. The van der Waals surface area contributed by atoms with Gasteiger partial charge in [0.1, 0.15) is 17.7 Å². The van der Waals surface area contributed by atoms with Gasteiger partial charge in [0.2, 0.25) is 0 Å². The first kappa shape index (κ1) is 25.9. The van der Waals surface area contributed by atoms with Crippen molar-refractivity contribution in [1.29, 1.82) is 0 Å². The van der Waals surface area contributed by atoms with Crippen molar-refractivity contribution in [3.63, 3.8) is 0 Å². The van der Waals surface area contributed by atoms with Crippen LogP contribution < -0.4 is 4.90 Å². The molecule has 0 bridgehead atoms. The molecule has 0 spiro atoms. The van der Waals surface area contributed by atoms with Crippen LogP contribution in [0.3, 0.4) is 0 Å². The van der Waals surface area contributed by atoms with Crippen LogP contribution in [0.1, 0.15) is 11.1 Å². The predicted octanol–water partition coefficient (Wildman–Crippen LogP) is 5.30. The molecule has 1 amide bonds. The van der Waals surface area contributed by atoms with Crippen LogP contribution in [0.5, 0.6) is 0 Å². The van der Waals surface area contributed by atoms with E-state index in [4.69, 9.17) is 23.2 Å². The number of aromatic amines is 1. The average Bonchev–Trinajstić information content (AvgIpc) is 3.44. The minimum absolute atomic E-state index is 0.0677. The van der Waals surface area contributed by atoms with Crippen molar-refractivity contribution in [3.8, 4) is 11.1 Å². The molecule has 0 unspecified atom stereocenters. The molecule has 5 aromatic rings. The summed E-state index contributed by atoms with van der Waals surface area (Å²) in [4.78, 5) is 28.6. The molecule has 1 aliphatic rings. The summed E-state index contributed by atoms with van der Waals surface area (Å²) in [6, 6.07) is 12.0. The van der Waals surface area contributed by atoms with Crippen LogP contribution in [-0.2, 0) is 4.79 Å². The van der Waals surface area contributed by atoms with Crippen molar-refractivity contribution in [2.24, 2.45) is 0 Å². The molecular formula is C28H21Cl2FN8O. The Bertz CT molecular complexity index is 1840. The van der Waals surface area contributed by atoms with E-state index in [1.165, 1.54) is 6.33 Å². The smallest absolute Gasteiger partial charge is 0.361 e. The molecule has 1 saturated heterocycles. The van der Waals surface area contributed by atoms with Gasteiger partial charge in [-0.3, -0.25) is 9.89 Å². The van der Waals surface area contributed by atoms with E-state index < -0.39 is 11.7 Å². The lowest BCUT2D eigenvalue weighted by atomic mass is 9.95. The summed E-state index contributed by atoms with van der Waals surface area (Å²) in [5, 5.41) is 9.00. The van der Waals surface area contributed by atoms with E-state index in [1.54, 1.807) is 41.4 Å². The predicted molar refractivity (Wildman–Crippen MR) is 152 cm³/mol. The van der Waals surface area contributed by atoms with Gasteiger partial charge in [-0.25, -0.2) is 14.4 Å². The molecule has 0 saturated carbocycles. The fraction of sp³-hybridized carbons (Fsp3) is 0.179. The third kappa shape index (κ3) is 4.36. The van der Waals surface area contributed by atoms with Crippen molar-refractivity contribution in [3.05, 3.63) is 87.5 Å². The number of nitrogens with one attached hydrogen (secondary N) is 1. The number of aromatic nitrogens is 4. The molecule has 1 aliphatic heterocycles. The molecule has 1 N–H and O–H groups in total. The fourth-order valence-corrected chi connectivity index (χ4v) is 5.57. The number of halogens is 3. The van der Waals surface area contributed by atoms with Crippen LogP contribution in [0.4, 0.5) is 10.2 Å². The van der Waals surface area contributed by atoms with Crippen LogP contribution in [0, 0.1) is 12.7 Å². The zero-order valence-corrected chi connectivity index (χ0v) is 22.7. The molecule has 0 atom stereocenters. The third-order valence-electron chi connectivity index (χ3n) is 7.17. The van der Waals surface area contributed by atoms with Crippen LogP contribution >= 0.6 is 23.2 Å². The number of nitrogens with zero attached hydrogens (tertiary/aromatic N) is 7. The number of fused-ring (bicyclic) bond motifs is 2. The summed E-state index contributed by atoms with van der Waals surface area (Å²) in [5.41, 5.74) is 12.6. The summed E-state index contributed by atoms with van der Waals surface area (Å²) in [6.45, 7) is 3.42. The lowest BCUT2D eigenvalue weighted by molar-refractivity contribution is -0.128. The second kappa shape index (κ2) is 10.3. The second-order valence-corrected chi connectivity index (χ2v) is 10.3. The first-order valence-corrected chi connectivity index (χ1v) is 13.2. The number of hydrogen-bond donors (Lipinski definition) is 1. The molecule has 6 rings (SSSR count). The van der Waals surface area contributed by atoms with Crippen LogP contribution in [0.25, 0.3) is 38.5 Å². The van der Waals surface area contributed by atoms with Gasteiger partial charge in [0, 0.05) is 53.1 Å². The summed E-state index contributed by atoms with van der Waals surface area (Å²) >= 11 is 12.7. The number of anilines is 1. The molecule has 40 heavy (non-hydrogen) atoms. The Morgan fingerprint density at radius 2 is 1.77 bits per heavy atom. The van der Waals surface area contributed by atoms with Gasteiger partial charge >= 0.3 is 11.6 Å². The quantitative estimate of drug-likeness (QED) is 0.178. The number of amides is 1. The molecule has 3 aromatic carbocycles. The summed E-state index contributed by atoms with van der Waals surface area (Å²) < 4.78 is 16.1. The Labute approximate surface area is 237 Å². The molecule has 200 valence electrons. The van der Waals surface area contributed by atoms with E-state index in [1.807, 2.05) is 24.0 Å². The van der Waals surface area contributed by atoms with E-state index in [0.29, 0.717) is 53.5 Å². The van der Waals surface area contributed by atoms with Gasteiger partial charge in [0.25, 0.3) is 0 Å². The van der Waals surface area contributed by atoms with E-state index in [9.17, 15) is 10.3 Å².